The topological polar surface area (TPSA) is 64.0 Å². The molecule has 3 aromatic rings. The molecule has 1 aromatic heterocycles. The van der Waals surface area contributed by atoms with Crippen LogP contribution in [0.2, 0.25) is 25.7 Å². The molecule has 200 valence electrons. The van der Waals surface area contributed by atoms with Gasteiger partial charge in [0.2, 0.25) is 0 Å². The third-order valence-electron chi connectivity index (χ3n) is 6.52. The summed E-state index contributed by atoms with van der Waals surface area (Å²) in [6.07, 6.45) is -0.755. The van der Waals surface area contributed by atoms with Crippen LogP contribution in [0.1, 0.15) is 18.3 Å². The fourth-order valence-corrected chi connectivity index (χ4v) is 5.57. The van der Waals surface area contributed by atoms with Crippen LogP contribution in [-0.2, 0) is 25.7 Å². The molecular weight excluding hydrogens is 613 g/mol. The van der Waals surface area contributed by atoms with Crippen LogP contribution >= 0.6 is 22.6 Å². The van der Waals surface area contributed by atoms with Crippen LogP contribution in [0.15, 0.2) is 36.4 Å². The summed E-state index contributed by atoms with van der Waals surface area (Å²) in [5.74, 6) is -1.36. The van der Waals surface area contributed by atoms with E-state index in [9.17, 15) is 8.78 Å². The molecule has 0 amide bonds. The van der Waals surface area contributed by atoms with Crippen LogP contribution in [0.3, 0.4) is 0 Å². The first-order chi connectivity index (χ1) is 17.7. The Balaban J connectivity index is 1.34. The van der Waals surface area contributed by atoms with Crippen LogP contribution in [0.4, 0.5) is 8.78 Å². The van der Waals surface area contributed by atoms with Crippen LogP contribution in [0.5, 0.6) is 6.01 Å². The molecule has 37 heavy (non-hydrogen) atoms. The lowest BCUT2D eigenvalue weighted by Crippen LogP contribution is -2.50. The number of hydrogen-bond acceptors (Lipinski definition) is 6. The van der Waals surface area contributed by atoms with Crippen molar-refractivity contribution in [1.82, 2.24) is 9.55 Å². The van der Waals surface area contributed by atoms with Gasteiger partial charge in [0, 0.05) is 32.7 Å². The van der Waals surface area contributed by atoms with E-state index in [0.29, 0.717) is 31.8 Å². The first kappa shape index (κ1) is 26.9. The zero-order chi connectivity index (χ0) is 26.2. The molecule has 2 aliphatic heterocycles. The molecule has 11 heteroatoms. The third kappa shape index (κ3) is 6.17. The van der Waals surface area contributed by atoms with Crippen LogP contribution in [-0.4, -0.2) is 55.8 Å². The molecule has 1 unspecified atom stereocenters. The van der Waals surface area contributed by atoms with E-state index in [1.165, 1.54) is 6.07 Å². The lowest BCUT2D eigenvalue weighted by Gasteiger charge is -2.41. The summed E-state index contributed by atoms with van der Waals surface area (Å²) in [6.45, 7) is 8.15. The molecule has 2 aliphatic rings. The van der Waals surface area contributed by atoms with Gasteiger partial charge in [-0.3, -0.25) is 4.57 Å². The van der Waals surface area contributed by atoms with Crippen molar-refractivity contribution < 1.29 is 32.5 Å². The predicted molar refractivity (Wildman–Crippen MR) is 145 cm³/mol. The monoisotopic (exact) mass is 644 g/mol. The van der Waals surface area contributed by atoms with E-state index in [1.807, 2.05) is 30.3 Å². The lowest BCUT2D eigenvalue weighted by molar-refractivity contribution is -0.286. The highest BCUT2D eigenvalue weighted by atomic mass is 127. The Morgan fingerprint density at radius 2 is 1.89 bits per heavy atom. The summed E-state index contributed by atoms with van der Waals surface area (Å²) in [7, 11) is -1.30. The van der Waals surface area contributed by atoms with E-state index >= 15 is 0 Å². The molecule has 5 rings (SSSR count). The highest BCUT2D eigenvalue weighted by Gasteiger charge is 2.40. The Bertz CT molecular complexity index is 1240. The van der Waals surface area contributed by atoms with E-state index in [0.717, 1.165) is 11.6 Å². The molecule has 0 radical (unpaired) electrons. The van der Waals surface area contributed by atoms with Crippen LogP contribution in [0.25, 0.3) is 11.0 Å². The largest absolute Gasteiger partial charge is 0.459 e. The number of benzene rings is 2. The first-order valence-corrected chi connectivity index (χ1v) is 17.2. The highest BCUT2D eigenvalue weighted by molar-refractivity contribution is 14.1. The van der Waals surface area contributed by atoms with Crippen molar-refractivity contribution in [1.29, 1.82) is 0 Å². The Morgan fingerprint density at radius 1 is 1.11 bits per heavy atom. The molecule has 0 aliphatic carbocycles. The quantitative estimate of drug-likeness (QED) is 0.132. The first-order valence-electron chi connectivity index (χ1n) is 12.4. The van der Waals surface area contributed by atoms with Crippen molar-refractivity contribution in [3.63, 3.8) is 0 Å². The average Bonchev–Trinajstić information content (AvgIpc) is 3.21. The van der Waals surface area contributed by atoms with E-state index in [1.54, 1.807) is 27.2 Å². The molecular formula is C26H31F2IN2O5Si. The minimum atomic E-state index is -1.30. The number of nitrogens with zero attached hydrogens (tertiary/aromatic N) is 2. The number of rotatable bonds is 8. The summed E-state index contributed by atoms with van der Waals surface area (Å²) < 4.78 is 61.1. The van der Waals surface area contributed by atoms with Crippen molar-refractivity contribution in [2.45, 2.75) is 63.4 Å². The predicted octanol–water partition coefficient (Wildman–Crippen LogP) is 5.88. The SMILES string of the molecule is C[Si](C)(C)CCOCn1c(O[C@H]2CO[C@@H]3COC(c4ccccc4)O[C@H]3C2)nc2c(F)c(I)c(F)cc21. The lowest BCUT2D eigenvalue weighted by atomic mass is 10.0. The molecule has 2 fully saturated rings. The molecule has 2 saturated heterocycles. The maximum Gasteiger partial charge on any atom is 0.299 e. The van der Waals surface area contributed by atoms with E-state index in [-0.39, 0.29) is 40.1 Å². The number of halogens is 3. The van der Waals surface area contributed by atoms with E-state index in [4.69, 9.17) is 23.7 Å². The van der Waals surface area contributed by atoms with Gasteiger partial charge in [0.25, 0.3) is 6.01 Å². The highest BCUT2D eigenvalue weighted by Crippen LogP contribution is 2.34. The van der Waals surface area contributed by atoms with Crippen molar-refractivity contribution in [3.05, 3.63) is 57.2 Å². The van der Waals surface area contributed by atoms with Crippen molar-refractivity contribution in [3.8, 4) is 6.01 Å². The summed E-state index contributed by atoms with van der Waals surface area (Å²) in [5, 5.41) is 0. The van der Waals surface area contributed by atoms with Gasteiger partial charge in [-0.25, -0.2) is 8.78 Å². The second-order valence-corrected chi connectivity index (χ2v) is 17.3. The van der Waals surface area contributed by atoms with E-state index < -0.39 is 26.0 Å². The van der Waals surface area contributed by atoms with Crippen LogP contribution in [0, 0.1) is 15.2 Å². The summed E-state index contributed by atoms with van der Waals surface area (Å²) in [6, 6.07) is 12.2. The van der Waals surface area contributed by atoms with Crippen molar-refractivity contribution in [2.75, 3.05) is 19.8 Å². The fraction of sp³-hybridized carbons (Fsp3) is 0.500. The number of ether oxygens (including phenoxy) is 5. The number of aromatic nitrogens is 2. The molecule has 0 spiro atoms. The van der Waals surface area contributed by atoms with Gasteiger partial charge < -0.3 is 23.7 Å². The van der Waals surface area contributed by atoms with Gasteiger partial charge in [0.05, 0.1) is 28.4 Å². The standard InChI is InChI=1S/C26H31F2IN2O5Si/c1-37(2,3)10-9-32-15-31-19-12-18(27)23(29)22(28)24(19)30-26(31)35-17-11-20-21(33-13-17)14-34-25(36-20)16-7-5-4-6-8-16/h4-8,12,17,20-21,25H,9-11,13-15H2,1-3H3/t17-,20+,21-,25?/m1/s1. The minimum Gasteiger partial charge on any atom is -0.459 e. The van der Waals surface area contributed by atoms with Crippen molar-refractivity contribution >= 4 is 41.7 Å². The number of fused-ring (bicyclic) bond motifs is 2. The molecule has 3 heterocycles. The summed E-state index contributed by atoms with van der Waals surface area (Å²) in [4.78, 5) is 4.40. The van der Waals surface area contributed by atoms with Gasteiger partial charge in [-0.05, 0) is 28.6 Å². The zero-order valence-electron chi connectivity index (χ0n) is 21.1. The van der Waals surface area contributed by atoms with Crippen LogP contribution < -0.4 is 4.74 Å². The van der Waals surface area contributed by atoms with Gasteiger partial charge in [-0.15, -0.1) is 0 Å². The fourth-order valence-electron chi connectivity index (χ4n) is 4.41. The molecule has 7 nitrogen and oxygen atoms in total. The van der Waals surface area contributed by atoms with Gasteiger partial charge in [-0.1, -0.05) is 50.0 Å². The minimum absolute atomic E-state index is 0.0515. The van der Waals surface area contributed by atoms with Gasteiger partial charge in [0.15, 0.2) is 12.1 Å². The second-order valence-electron chi connectivity index (χ2n) is 10.6. The molecule has 0 bridgehead atoms. The molecule has 0 N–H and O–H groups in total. The van der Waals surface area contributed by atoms with E-state index in [2.05, 4.69) is 24.6 Å². The summed E-state index contributed by atoms with van der Waals surface area (Å²) in [5.41, 5.74) is 1.28. The average molecular weight is 645 g/mol. The Kier molecular flexibility index (Phi) is 8.17. The van der Waals surface area contributed by atoms with Gasteiger partial charge in [0.1, 0.15) is 30.3 Å². The van der Waals surface area contributed by atoms with Gasteiger partial charge >= 0.3 is 0 Å². The van der Waals surface area contributed by atoms with Gasteiger partial charge in [-0.2, -0.15) is 4.98 Å². The Labute approximate surface area is 229 Å². The number of imidazole rings is 1. The maximum atomic E-state index is 14.9. The smallest absolute Gasteiger partial charge is 0.299 e. The number of hydrogen-bond donors (Lipinski definition) is 0. The zero-order valence-corrected chi connectivity index (χ0v) is 24.2. The molecule has 0 saturated carbocycles. The summed E-state index contributed by atoms with van der Waals surface area (Å²) >= 11 is 1.65. The Morgan fingerprint density at radius 3 is 2.65 bits per heavy atom. The molecule has 4 atom stereocenters. The van der Waals surface area contributed by atoms with Crippen molar-refractivity contribution in [2.24, 2.45) is 0 Å². The Hall–Kier alpha value is -1.64. The molecule has 2 aromatic carbocycles. The normalized spacial score (nSPS) is 24.3. The maximum absolute atomic E-state index is 14.9. The second kappa shape index (κ2) is 11.2. The third-order valence-corrected chi connectivity index (χ3v) is 9.22.